The van der Waals surface area contributed by atoms with Crippen molar-refractivity contribution in [1.82, 2.24) is 0 Å². The van der Waals surface area contributed by atoms with Crippen LogP contribution in [0.25, 0.3) is 0 Å². The smallest absolute Gasteiger partial charge is 0.254 e. The van der Waals surface area contributed by atoms with Gasteiger partial charge in [-0.2, -0.15) is 0 Å². The van der Waals surface area contributed by atoms with Crippen molar-refractivity contribution in [1.29, 1.82) is 0 Å². The molecular formula is C14H16N2O3. The van der Waals surface area contributed by atoms with E-state index in [2.05, 4.69) is 5.32 Å². The van der Waals surface area contributed by atoms with Gasteiger partial charge in [-0.05, 0) is 31.9 Å². The molecule has 2 amide bonds. The van der Waals surface area contributed by atoms with Crippen molar-refractivity contribution in [2.24, 2.45) is 5.73 Å². The fourth-order valence-electron chi connectivity index (χ4n) is 2.02. The van der Waals surface area contributed by atoms with Crippen LogP contribution in [0.15, 0.2) is 35.6 Å². The molecule has 0 bridgehead atoms. The lowest BCUT2D eigenvalue weighted by molar-refractivity contribution is -0.113. The minimum Gasteiger partial charge on any atom is -0.498 e. The number of rotatable bonds is 3. The number of hydrogen-bond acceptors (Lipinski definition) is 3. The summed E-state index contributed by atoms with van der Waals surface area (Å²) in [5.41, 5.74) is 6.60. The van der Waals surface area contributed by atoms with Crippen LogP contribution in [0, 0.1) is 0 Å². The van der Waals surface area contributed by atoms with Crippen LogP contribution < -0.4 is 11.1 Å². The van der Waals surface area contributed by atoms with Gasteiger partial charge in [-0.25, -0.2) is 0 Å². The molecule has 0 atom stereocenters. The van der Waals surface area contributed by atoms with Gasteiger partial charge in [-0.1, -0.05) is 12.1 Å². The van der Waals surface area contributed by atoms with Crippen molar-refractivity contribution in [2.45, 2.75) is 19.8 Å². The quantitative estimate of drug-likeness (QED) is 0.869. The second-order valence-electron chi connectivity index (χ2n) is 4.35. The van der Waals surface area contributed by atoms with Gasteiger partial charge >= 0.3 is 0 Å². The molecule has 1 aliphatic heterocycles. The Hall–Kier alpha value is -2.30. The second kappa shape index (κ2) is 5.56. The minimum atomic E-state index is -0.568. The number of ether oxygens (including phenoxy) is 1. The van der Waals surface area contributed by atoms with Gasteiger partial charge in [0.2, 0.25) is 0 Å². The lowest BCUT2D eigenvalue weighted by Gasteiger charge is -2.18. The Balaban J connectivity index is 2.22. The molecule has 100 valence electrons. The first-order chi connectivity index (χ1) is 9.09. The molecule has 0 saturated carbocycles. The fourth-order valence-corrected chi connectivity index (χ4v) is 2.02. The zero-order valence-corrected chi connectivity index (χ0v) is 10.7. The summed E-state index contributed by atoms with van der Waals surface area (Å²) in [7, 11) is 0. The molecule has 0 aromatic heterocycles. The van der Waals surface area contributed by atoms with E-state index in [9.17, 15) is 9.59 Å². The Morgan fingerprint density at radius 3 is 2.74 bits per heavy atom. The van der Waals surface area contributed by atoms with Crippen LogP contribution >= 0.6 is 0 Å². The van der Waals surface area contributed by atoms with Gasteiger partial charge in [0, 0.05) is 0 Å². The molecule has 5 nitrogen and oxygen atoms in total. The third kappa shape index (κ3) is 2.93. The van der Waals surface area contributed by atoms with Crippen molar-refractivity contribution in [3.63, 3.8) is 0 Å². The number of para-hydroxylation sites is 1. The van der Waals surface area contributed by atoms with Crippen molar-refractivity contribution in [3.05, 3.63) is 41.2 Å². The number of hydrogen-bond donors (Lipinski definition) is 2. The normalized spacial score (nSPS) is 14.8. The standard InChI is InChI=1S/C14H16N2O3/c1-9-10(6-4-8-19-9)14(18)16-12-7-3-2-5-11(12)13(15)17/h2-3,5,7H,4,6,8H2,1H3,(H2,15,17)(H,16,18). The predicted octanol–water partition coefficient (Wildman–Crippen LogP) is 1.81. The topological polar surface area (TPSA) is 81.4 Å². The van der Waals surface area contributed by atoms with Gasteiger partial charge in [-0.3, -0.25) is 9.59 Å². The van der Waals surface area contributed by atoms with E-state index in [1.54, 1.807) is 31.2 Å². The molecule has 1 aromatic carbocycles. The summed E-state index contributed by atoms with van der Waals surface area (Å²) in [5.74, 6) is -0.173. The van der Waals surface area contributed by atoms with E-state index in [0.29, 0.717) is 35.6 Å². The van der Waals surface area contributed by atoms with Crippen LogP contribution in [0.3, 0.4) is 0 Å². The molecule has 5 heteroatoms. The number of carbonyl (C=O) groups is 2. The average molecular weight is 260 g/mol. The van der Waals surface area contributed by atoms with Crippen molar-refractivity contribution < 1.29 is 14.3 Å². The summed E-state index contributed by atoms with van der Waals surface area (Å²) in [5, 5.41) is 2.71. The lowest BCUT2D eigenvalue weighted by Crippen LogP contribution is -2.22. The first-order valence-corrected chi connectivity index (χ1v) is 6.12. The molecular weight excluding hydrogens is 244 g/mol. The van der Waals surface area contributed by atoms with Crippen LogP contribution in [0.4, 0.5) is 5.69 Å². The maximum atomic E-state index is 12.2. The predicted molar refractivity (Wildman–Crippen MR) is 71.5 cm³/mol. The zero-order chi connectivity index (χ0) is 13.8. The number of allylic oxidation sites excluding steroid dienone is 1. The van der Waals surface area contributed by atoms with Crippen LogP contribution in [-0.4, -0.2) is 18.4 Å². The SMILES string of the molecule is CC1=C(C(=O)Nc2ccccc2C(N)=O)CCCO1. The van der Waals surface area contributed by atoms with E-state index < -0.39 is 5.91 Å². The summed E-state index contributed by atoms with van der Waals surface area (Å²) in [4.78, 5) is 23.4. The van der Waals surface area contributed by atoms with E-state index in [0.717, 1.165) is 6.42 Å². The van der Waals surface area contributed by atoms with Crippen molar-refractivity contribution >= 4 is 17.5 Å². The van der Waals surface area contributed by atoms with Crippen LogP contribution in [0.1, 0.15) is 30.1 Å². The van der Waals surface area contributed by atoms with Crippen LogP contribution in [0.2, 0.25) is 0 Å². The van der Waals surface area contributed by atoms with Crippen LogP contribution in [0.5, 0.6) is 0 Å². The van der Waals surface area contributed by atoms with Gasteiger partial charge in [-0.15, -0.1) is 0 Å². The highest BCUT2D eigenvalue weighted by Gasteiger charge is 2.19. The monoisotopic (exact) mass is 260 g/mol. The molecule has 2 rings (SSSR count). The number of benzene rings is 1. The Kier molecular flexibility index (Phi) is 3.85. The van der Waals surface area contributed by atoms with E-state index in [4.69, 9.17) is 10.5 Å². The Bertz CT molecular complexity index is 549. The molecule has 0 saturated heterocycles. The Morgan fingerprint density at radius 1 is 1.32 bits per heavy atom. The summed E-state index contributed by atoms with van der Waals surface area (Å²) in [6, 6.07) is 6.67. The highest BCUT2D eigenvalue weighted by Crippen LogP contribution is 2.21. The first kappa shape index (κ1) is 13.1. The van der Waals surface area contributed by atoms with Crippen LogP contribution in [-0.2, 0) is 9.53 Å². The number of nitrogens with two attached hydrogens (primary N) is 1. The van der Waals surface area contributed by atoms with Gasteiger partial charge in [0.25, 0.3) is 11.8 Å². The number of primary amides is 1. The molecule has 0 fully saturated rings. The average Bonchev–Trinajstić information content (AvgIpc) is 2.39. The van der Waals surface area contributed by atoms with E-state index in [-0.39, 0.29) is 5.91 Å². The third-order valence-corrected chi connectivity index (χ3v) is 3.03. The summed E-state index contributed by atoms with van der Waals surface area (Å²) in [6.07, 6.45) is 1.49. The third-order valence-electron chi connectivity index (χ3n) is 3.03. The fraction of sp³-hybridized carbons (Fsp3) is 0.286. The maximum absolute atomic E-state index is 12.2. The molecule has 19 heavy (non-hydrogen) atoms. The highest BCUT2D eigenvalue weighted by atomic mass is 16.5. The molecule has 0 unspecified atom stereocenters. The molecule has 0 radical (unpaired) electrons. The number of carbonyl (C=O) groups excluding carboxylic acids is 2. The minimum absolute atomic E-state index is 0.245. The number of anilines is 1. The molecule has 1 heterocycles. The number of amides is 2. The zero-order valence-electron chi connectivity index (χ0n) is 10.7. The first-order valence-electron chi connectivity index (χ1n) is 6.12. The van der Waals surface area contributed by atoms with E-state index >= 15 is 0 Å². The van der Waals surface area contributed by atoms with Gasteiger partial charge < -0.3 is 15.8 Å². The Labute approximate surface area is 111 Å². The second-order valence-corrected chi connectivity index (χ2v) is 4.35. The van der Waals surface area contributed by atoms with E-state index in [1.165, 1.54) is 0 Å². The van der Waals surface area contributed by atoms with Gasteiger partial charge in [0.15, 0.2) is 0 Å². The lowest BCUT2D eigenvalue weighted by atomic mass is 10.1. The van der Waals surface area contributed by atoms with Crippen molar-refractivity contribution in [3.8, 4) is 0 Å². The molecule has 1 aromatic rings. The summed E-state index contributed by atoms with van der Waals surface area (Å²) < 4.78 is 5.35. The summed E-state index contributed by atoms with van der Waals surface area (Å²) >= 11 is 0. The highest BCUT2D eigenvalue weighted by molar-refractivity contribution is 6.08. The maximum Gasteiger partial charge on any atom is 0.254 e. The molecule has 0 spiro atoms. The van der Waals surface area contributed by atoms with Gasteiger partial charge in [0.1, 0.15) is 5.76 Å². The number of nitrogens with one attached hydrogen (secondary N) is 1. The summed E-state index contributed by atoms with van der Waals surface area (Å²) in [6.45, 7) is 2.41. The Morgan fingerprint density at radius 2 is 2.05 bits per heavy atom. The molecule has 1 aliphatic rings. The largest absolute Gasteiger partial charge is 0.498 e. The van der Waals surface area contributed by atoms with Crippen molar-refractivity contribution in [2.75, 3.05) is 11.9 Å². The van der Waals surface area contributed by atoms with Gasteiger partial charge in [0.05, 0.1) is 23.4 Å². The molecule has 0 aliphatic carbocycles. The van der Waals surface area contributed by atoms with E-state index in [1.807, 2.05) is 0 Å². The molecule has 3 N–H and O–H groups in total.